The second-order valence-electron chi connectivity index (χ2n) is 7.37. The molecule has 5 nitrogen and oxygen atoms in total. The Hall–Kier alpha value is -3.28. The molecule has 0 saturated carbocycles. The van der Waals surface area contributed by atoms with E-state index in [0.717, 1.165) is 22.3 Å². The van der Waals surface area contributed by atoms with Gasteiger partial charge in [-0.05, 0) is 61.0 Å². The van der Waals surface area contributed by atoms with Crippen molar-refractivity contribution in [1.29, 1.82) is 0 Å². The number of carbonyl (C=O) groups excluding carboxylic acids is 1. The van der Waals surface area contributed by atoms with E-state index in [2.05, 4.69) is 15.2 Å². The summed E-state index contributed by atoms with van der Waals surface area (Å²) in [6.45, 7) is 1.89. The summed E-state index contributed by atoms with van der Waals surface area (Å²) in [6.07, 6.45) is 0. The van der Waals surface area contributed by atoms with Crippen molar-refractivity contribution >= 4 is 51.8 Å². The summed E-state index contributed by atoms with van der Waals surface area (Å²) in [5.74, 6) is 0.498. The van der Waals surface area contributed by atoms with Crippen LogP contribution in [0, 0.1) is 0 Å². The lowest BCUT2D eigenvalue weighted by molar-refractivity contribution is -0.113. The molecule has 0 unspecified atom stereocenters. The number of hydrogen-bond acceptors (Lipinski definition) is 3. The summed E-state index contributed by atoms with van der Waals surface area (Å²) < 4.78 is 2.06. The summed E-state index contributed by atoms with van der Waals surface area (Å²) in [5, 5.41) is 7.56. The van der Waals surface area contributed by atoms with Gasteiger partial charge in [-0.15, -0.1) is 0 Å². The van der Waals surface area contributed by atoms with Gasteiger partial charge in [0.05, 0.1) is 22.6 Å². The average molecular weight is 449 g/mol. The number of fused-ring (bicyclic) bond motifs is 3. The second kappa shape index (κ2) is 7.76. The van der Waals surface area contributed by atoms with Crippen LogP contribution in [-0.2, 0) is 4.79 Å². The lowest BCUT2D eigenvalue weighted by atomic mass is 9.94. The standard InChI is InChI=1S/C24H18Cl2N4O/c1-14-21(23(31)28-18-12-10-17(26)11-13-18)22(15-6-8-16(25)9-7-15)30-20-5-3-2-4-19(20)29-24(30)27-14/h2-13,22H,1H3,(H,27,29)(H,28,31)/t22-/m0/s1. The number of amides is 1. The summed E-state index contributed by atoms with van der Waals surface area (Å²) in [4.78, 5) is 18.2. The molecule has 3 aromatic carbocycles. The van der Waals surface area contributed by atoms with Gasteiger partial charge in [-0.25, -0.2) is 4.98 Å². The lowest BCUT2D eigenvalue weighted by Gasteiger charge is -2.30. The van der Waals surface area contributed by atoms with Gasteiger partial charge in [-0.2, -0.15) is 0 Å². The maximum atomic E-state index is 13.5. The molecule has 4 aromatic rings. The zero-order valence-electron chi connectivity index (χ0n) is 16.6. The number of nitrogens with one attached hydrogen (secondary N) is 2. The van der Waals surface area contributed by atoms with Crippen LogP contribution in [0.1, 0.15) is 18.5 Å². The molecule has 2 heterocycles. The van der Waals surface area contributed by atoms with Crippen LogP contribution in [0.25, 0.3) is 11.0 Å². The van der Waals surface area contributed by atoms with E-state index in [9.17, 15) is 4.79 Å². The van der Waals surface area contributed by atoms with Gasteiger partial charge in [0, 0.05) is 21.4 Å². The van der Waals surface area contributed by atoms with Gasteiger partial charge in [-0.3, -0.25) is 9.36 Å². The van der Waals surface area contributed by atoms with Gasteiger partial charge in [0.15, 0.2) is 0 Å². The Labute approximate surface area is 189 Å². The quantitative estimate of drug-likeness (QED) is 0.388. The minimum atomic E-state index is -0.367. The molecule has 5 rings (SSSR count). The van der Waals surface area contributed by atoms with Crippen LogP contribution < -0.4 is 10.6 Å². The molecule has 1 aliphatic heterocycles. The zero-order valence-corrected chi connectivity index (χ0v) is 18.1. The Morgan fingerprint density at radius 1 is 0.968 bits per heavy atom. The Bertz CT molecular complexity index is 1320. The van der Waals surface area contributed by atoms with Gasteiger partial charge in [0.2, 0.25) is 5.95 Å². The number of nitrogens with zero attached hydrogens (tertiary/aromatic N) is 2. The minimum absolute atomic E-state index is 0.198. The van der Waals surface area contributed by atoms with E-state index in [1.807, 2.05) is 55.5 Å². The number of para-hydroxylation sites is 2. The first-order valence-electron chi connectivity index (χ1n) is 9.78. The van der Waals surface area contributed by atoms with Crippen LogP contribution in [0.4, 0.5) is 11.6 Å². The molecule has 1 atom stereocenters. The fourth-order valence-electron chi connectivity index (χ4n) is 3.95. The molecule has 2 N–H and O–H groups in total. The van der Waals surface area contributed by atoms with Crippen molar-refractivity contribution in [3.05, 3.63) is 99.7 Å². The third kappa shape index (κ3) is 3.56. The number of hydrogen-bond donors (Lipinski definition) is 2. The van der Waals surface area contributed by atoms with Gasteiger partial charge in [0.25, 0.3) is 5.91 Å². The van der Waals surface area contributed by atoms with Crippen molar-refractivity contribution in [1.82, 2.24) is 9.55 Å². The number of imidazole rings is 1. The molecular weight excluding hydrogens is 431 g/mol. The first-order chi connectivity index (χ1) is 15.0. The van der Waals surface area contributed by atoms with Crippen LogP contribution in [0.5, 0.6) is 0 Å². The molecule has 0 spiro atoms. The zero-order chi connectivity index (χ0) is 21.5. The molecule has 0 radical (unpaired) electrons. The largest absolute Gasteiger partial charge is 0.329 e. The van der Waals surface area contributed by atoms with Gasteiger partial charge in [-0.1, -0.05) is 47.5 Å². The lowest BCUT2D eigenvalue weighted by Crippen LogP contribution is -2.30. The maximum Gasteiger partial charge on any atom is 0.255 e. The van der Waals surface area contributed by atoms with Crippen molar-refractivity contribution in [3.63, 3.8) is 0 Å². The van der Waals surface area contributed by atoms with Crippen LogP contribution in [0.2, 0.25) is 10.0 Å². The van der Waals surface area contributed by atoms with E-state index >= 15 is 0 Å². The normalized spacial score (nSPS) is 15.5. The Kier molecular flexibility index (Phi) is 4.93. The number of aromatic nitrogens is 2. The van der Waals surface area contributed by atoms with E-state index in [-0.39, 0.29) is 11.9 Å². The summed E-state index contributed by atoms with van der Waals surface area (Å²) in [7, 11) is 0. The van der Waals surface area contributed by atoms with E-state index in [1.165, 1.54) is 0 Å². The van der Waals surface area contributed by atoms with Crippen LogP contribution in [0.15, 0.2) is 84.1 Å². The molecule has 7 heteroatoms. The monoisotopic (exact) mass is 448 g/mol. The molecule has 0 aliphatic carbocycles. The molecule has 1 aliphatic rings. The van der Waals surface area contributed by atoms with E-state index in [4.69, 9.17) is 28.2 Å². The fraction of sp³-hybridized carbons (Fsp3) is 0.0833. The molecule has 0 bridgehead atoms. The highest BCUT2D eigenvalue weighted by Gasteiger charge is 2.34. The van der Waals surface area contributed by atoms with Gasteiger partial charge in [0.1, 0.15) is 0 Å². The van der Waals surface area contributed by atoms with Crippen molar-refractivity contribution in [3.8, 4) is 0 Å². The molecule has 1 aromatic heterocycles. The first-order valence-corrected chi connectivity index (χ1v) is 10.5. The number of anilines is 2. The highest BCUT2D eigenvalue weighted by Crippen LogP contribution is 2.39. The third-order valence-corrected chi connectivity index (χ3v) is 5.87. The highest BCUT2D eigenvalue weighted by molar-refractivity contribution is 6.30. The fourth-order valence-corrected chi connectivity index (χ4v) is 4.20. The SMILES string of the molecule is CC1=C(C(=O)Nc2ccc(Cl)cc2)[C@H](c2ccc(Cl)cc2)n2c(nc3ccccc32)N1. The Balaban J connectivity index is 1.65. The van der Waals surface area contributed by atoms with Crippen molar-refractivity contribution in [2.75, 3.05) is 10.6 Å². The van der Waals surface area contributed by atoms with E-state index < -0.39 is 0 Å². The molecule has 1 amide bonds. The van der Waals surface area contributed by atoms with Crippen LogP contribution in [0.3, 0.4) is 0 Å². The summed E-state index contributed by atoms with van der Waals surface area (Å²) >= 11 is 12.1. The van der Waals surface area contributed by atoms with E-state index in [0.29, 0.717) is 27.3 Å². The van der Waals surface area contributed by atoms with Crippen molar-refractivity contribution in [2.45, 2.75) is 13.0 Å². The Morgan fingerprint density at radius 2 is 1.61 bits per heavy atom. The summed E-state index contributed by atoms with van der Waals surface area (Å²) in [6, 6.07) is 22.1. The number of rotatable bonds is 3. The second-order valence-corrected chi connectivity index (χ2v) is 8.25. The van der Waals surface area contributed by atoms with Gasteiger partial charge < -0.3 is 10.6 Å². The topological polar surface area (TPSA) is 59.0 Å². The number of carbonyl (C=O) groups is 1. The molecule has 31 heavy (non-hydrogen) atoms. The minimum Gasteiger partial charge on any atom is -0.329 e. The molecule has 154 valence electrons. The van der Waals surface area contributed by atoms with Crippen LogP contribution >= 0.6 is 23.2 Å². The number of benzene rings is 3. The van der Waals surface area contributed by atoms with Crippen LogP contribution in [-0.4, -0.2) is 15.5 Å². The molecule has 0 fully saturated rings. The average Bonchev–Trinajstić information content (AvgIpc) is 3.13. The maximum absolute atomic E-state index is 13.5. The predicted octanol–water partition coefficient (Wildman–Crippen LogP) is 6.27. The Morgan fingerprint density at radius 3 is 2.32 bits per heavy atom. The molecule has 0 saturated heterocycles. The number of allylic oxidation sites excluding steroid dienone is 1. The third-order valence-electron chi connectivity index (χ3n) is 5.36. The summed E-state index contributed by atoms with van der Waals surface area (Å²) in [5.41, 5.74) is 4.76. The first kappa shape index (κ1) is 19.7. The van der Waals surface area contributed by atoms with Crippen molar-refractivity contribution < 1.29 is 4.79 Å². The predicted molar refractivity (Wildman–Crippen MR) is 126 cm³/mol. The van der Waals surface area contributed by atoms with Crippen molar-refractivity contribution in [2.24, 2.45) is 0 Å². The van der Waals surface area contributed by atoms with Gasteiger partial charge >= 0.3 is 0 Å². The highest BCUT2D eigenvalue weighted by atomic mass is 35.5. The number of halogens is 2. The van der Waals surface area contributed by atoms with E-state index in [1.54, 1.807) is 24.3 Å². The molecular formula is C24H18Cl2N4O. The smallest absolute Gasteiger partial charge is 0.255 e.